The van der Waals surface area contributed by atoms with Crippen LogP contribution < -0.4 is 0 Å². The highest BCUT2D eigenvalue weighted by molar-refractivity contribution is 7.47. The summed E-state index contributed by atoms with van der Waals surface area (Å²) in [5.74, 6) is -1.04. The molecular weight excluding hydrogens is 455 g/mol. The number of allylic oxidation sites excluding steroid dienone is 2. The Morgan fingerprint density at radius 2 is 1.55 bits per heavy atom. The van der Waals surface area contributed by atoms with Crippen LogP contribution in [0.2, 0.25) is 0 Å². The van der Waals surface area contributed by atoms with Crippen molar-refractivity contribution in [1.82, 2.24) is 0 Å². The van der Waals surface area contributed by atoms with Crippen LogP contribution in [0, 0.1) is 0 Å². The summed E-state index contributed by atoms with van der Waals surface area (Å²) in [6.45, 7) is 1.61. The number of carbonyl (C=O) groups excluding carboxylic acids is 2. The summed E-state index contributed by atoms with van der Waals surface area (Å²) in [6, 6.07) is 0. The number of hydrogen-bond donors (Lipinski definition) is 3. The molecule has 0 aliphatic heterocycles. The summed E-state index contributed by atoms with van der Waals surface area (Å²) in [4.78, 5) is 33.2. The quantitative estimate of drug-likeness (QED) is 0.0934. The molecule has 0 heterocycles. The van der Waals surface area contributed by atoms with E-state index in [1.165, 1.54) is 0 Å². The average Bonchev–Trinajstić information content (AvgIpc) is 2.80. The van der Waals surface area contributed by atoms with Crippen LogP contribution in [0.25, 0.3) is 0 Å². The molecule has 0 saturated heterocycles. The smallest absolute Gasteiger partial charge is 0.462 e. The van der Waals surface area contributed by atoms with Crippen LogP contribution in [0.5, 0.6) is 0 Å². The molecule has 0 aromatic rings. The van der Waals surface area contributed by atoms with Crippen molar-refractivity contribution in [3.8, 4) is 0 Å². The molecule has 0 fully saturated rings. The Morgan fingerprint density at radius 1 is 0.909 bits per heavy atom. The van der Waals surface area contributed by atoms with Crippen LogP contribution in [-0.2, 0) is 32.7 Å². The highest BCUT2D eigenvalue weighted by Crippen LogP contribution is 2.43. The molecule has 3 atom stereocenters. The summed E-state index contributed by atoms with van der Waals surface area (Å²) >= 11 is 0. The van der Waals surface area contributed by atoms with E-state index in [0.717, 1.165) is 44.9 Å². The Balaban J connectivity index is 4.32. The van der Waals surface area contributed by atoms with Crippen molar-refractivity contribution in [3.63, 3.8) is 0 Å². The Morgan fingerprint density at radius 3 is 2.21 bits per heavy atom. The van der Waals surface area contributed by atoms with Gasteiger partial charge in [0.25, 0.3) is 0 Å². The monoisotopic (exact) mass is 496 g/mol. The highest BCUT2D eigenvalue weighted by atomic mass is 31.2. The van der Waals surface area contributed by atoms with E-state index < -0.39 is 51.8 Å². The number of aliphatic hydroxyl groups excluding tert-OH is 2. The molecule has 0 aliphatic rings. The van der Waals surface area contributed by atoms with E-state index in [1.807, 2.05) is 0 Å². The third kappa shape index (κ3) is 19.9. The van der Waals surface area contributed by atoms with Gasteiger partial charge in [-0.3, -0.25) is 18.6 Å². The molecule has 0 bridgehead atoms. The standard InChI is InChI=1S/C22H41O10P/c1-3-5-6-7-8-9-10-11-12-13-14-22(26)32-20(17-29-21(25)4-2)18-31-33(27,28)30-16-19(24)15-23/h6-7,19-20,23-24H,3-5,8-18H2,1-2H3,(H,27,28)/b7-6-. The fourth-order valence-corrected chi connectivity index (χ4v) is 3.35. The van der Waals surface area contributed by atoms with E-state index in [9.17, 15) is 24.2 Å². The third-order valence-electron chi connectivity index (χ3n) is 4.46. The fraction of sp³-hybridized carbons (Fsp3) is 0.818. The molecule has 0 spiro atoms. The molecule has 10 nitrogen and oxygen atoms in total. The summed E-state index contributed by atoms with van der Waals surface area (Å²) < 4.78 is 31.4. The zero-order chi connectivity index (χ0) is 25.0. The van der Waals surface area contributed by atoms with Gasteiger partial charge in [-0.05, 0) is 25.7 Å². The molecule has 0 aromatic carbocycles. The maximum absolute atomic E-state index is 12.1. The topological polar surface area (TPSA) is 149 Å². The summed E-state index contributed by atoms with van der Waals surface area (Å²) in [5.41, 5.74) is 0. The largest absolute Gasteiger partial charge is 0.472 e. The average molecular weight is 497 g/mol. The second-order valence-corrected chi connectivity index (χ2v) is 9.06. The SMILES string of the molecule is CCC/C=C\CCCCCCCC(=O)OC(COC(=O)CC)COP(=O)(O)OCC(O)CO. The van der Waals surface area contributed by atoms with Crippen molar-refractivity contribution in [3.05, 3.63) is 12.2 Å². The van der Waals surface area contributed by atoms with E-state index >= 15 is 0 Å². The molecular formula is C22H41O10P. The maximum Gasteiger partial charge on any atom is 0.472 e. The van der Waals surface area contributed by atoms with Gasteiger partial charge in [-0.15, -0.1) is 0 Å². The molecule has 3 unspecified atom stereocenters. The molecule has 0 aliphatic carbocycles. The van der Waals surface area contributed by atoms with Crippen molar-refractivity contribution >= 4 is 19.8 Å². The Hall–Kier alpha value is -1.29. The lowest BCUT2D eigenvalue weighted by Gasteiger charge is -2.20. The first-order valence-corrected chi connectivity index (χ1v) is 13.1. The molecule has 0 saturated carbocycles. The summed E-state index contributed by atoms with van der Waals surface area (Å²) in [7, 11) is -4.57. The predicted octanol–water partition coefficient (Wildman–Crippen LogP) is 3.43. The van der Waals surface area contributed by atoms with Crippen LogP contribution in [0.4, 0.5) is 0 Å². The van der Waals surface area contributed by atoms with Crippen LogP contribution in [0.3, 0.4) is 0 Å². The second-order valence-electron chi connectivity index (χ2n) is 7.61. The van der Waals surface area contributed by atoms with Crippen molar-refractivity contribution < 1.29 is 47.8 Å². The lowest BCUT2D eigenvalue weighted by Crippen LogP contribution is -2.29. The second kappa shape index (κ2) is 20.1. The molecule has 11 heteroatoms. The van der Waals surface area contributed by atoms with Crippen LogP contribution >= 0.6 is 7.82 Å². The first kappa shape index (κ1) is 31.7. The van der Waals surface area contributed by atoms with Gasteiger partial charge in [0, 0.05) is 12.8 Å². The summed E-state index contributed by atoms with van der Waals surface area (Å²) in [5, 5.41) is 17.9. The number of ether oxygens (including phenoxy) is 2. The summed E-state index contributed by atoms with van der Waals surface area (Å²) in [6.07, 6.45) is 10.4. The number of unbranched alkanes of at least 4 members (excludes halogenated alkanes) is 6. The number of phosphoric ester groups is 1. The van der Waals surface area contributed by atoms with E-state index in [-0.39, 0.29) is 19.4 Å². The van der Waals surface area contributed by atoms with Gasteiger partial charge >= 0.3 is 19.8 Å². The normalized spacial score (nSPS) is 15.2. The van der Waals surface area contributed by atoms with E-state index in [4.69, 9.17) is 19.1 Å². The van der Waals surface area contributed by atoms with Crippen LogP contribution in [0.1, 0.15) is 78.1 Å². The van der Waals surface area contributed by atoms with Crippen LogP contribution in [-0.4, -0.2) is 65.7 Å². The minimum atomic E-state index is -4.57. The zero-order valence-electron chi connectivity index (χ0n) is 19.9. The number of carbonyl (C=O) groups is 2. The minimum Gasteiger partial charge on any atom is -0.462 e. The number of esters is 2. The van der Waals surface area contributed by atoms with E-state index in [0.29, 0.717) is 6.42 Å². The zero-order valence-corrected chi connectivity index (χ0v) is 20.7. The first-order valence-electron chi connectivity index (χ1n) is 11.6. The molecule has 33 heavy (non-hydrogen) atoms. The van der Waals surface area contributed by atoms with Gasteiger partial charge in [0.05, 0.1) is 19.8 Å². The number of hydrogen-bond acceptors (Lipinski definition) is 9. The molecule has 0 aromatic heterocycles. The molecule has 194 valence electrons. The first-order chi connectivity index (χ1) is 15.7. The van der Waals surface area contributed by atoms with E-state index in [2.05, 4.69) is 23.6 Å². The fourth-order valence-electron chi connectivity index (χ4n) is 2.56. The molecule has 3 N–H and O–H groups in total. The van der Waals surface area contributed by atoms with E-state index in [1.54, 1.807) is 6.92 Å². The highest BCUT2D eigenvalue weighted by Gasteiger charge is 2.26. The van der Waals surface area contributed by atoms with Gasteiger partial charge < -0.3 is 24.6 Å². The molecule has 0 rings (SSSR count). The van der Waals surface area contributed by atoms with Gasteiger partial charge in [0.15, 0.2) is 6.10 Å². The number of aliphatic hydroxyl groups is 2. The van der Waals surface area contributed by atoms with Crippen molar-refractivity contribution in [2.75, 3.05) is 26.4 Å². The predicted molar refractivity (Wildman–Crippen MR) is 122 cm³/mol. The van der Waals surface area contributed by atoms with Gasteiger partial charge in [-0.2, -0.15) is 0 Å². The maximum atomic E-state index is 12.1. The Bertz CT molecular complexity index is 596. The van der Waals surface area contributed by atoms with Crippen molar-refractivity contribution in [2.24, 2.45) is 0 Å². The molecule has 0 amide bonds. The number of rotatable bonds is 21. The third-order valence-corrected chi connectivity index (χ3v) is 5.41. The van der Waals surface area contributed by atoms with Crippen LogP contribution in [0.15, 0.2) is 12.2 Å². The Labute approximate surface area is 196 Å². The molecule has 0 radical (unpaired) electrons. The van der Waals surface area contributed by atoms with Crippen molar-refractivity contribution in [2.45, 2.75) is 90.3 Å². The lowest BCUT2D eigenvalue weighted by atomic mass is 10.1. The van der Waals surface area contributed by atoms with Gasteiger partial charge in [0.1, 0.15) is 12.7 Å². The Kier molecular flexibility index (Phi) is 19.3. The lowest BCUT2D eigenvalue weighted by molar-refractivity contribution is -0.161. The van der Waals surface area contributed by atoms with Gasteiger partial charge in [-0.1, -0.05) is 51.7 Å². The minimum absolute atomic E-state index is 0.122. The number of phosphoric acid groups is 1. The van der Waals surface area contributed by atoms with Gasteiger partial charge in [0.2, 0.25) is 0 Å². The van der Waals surface area contributed by atoms with Crippen molar-refractivity contribution in [1.29, 1.82) is 0 Å². The van der Waals surface area contributed by atoms with Gasteiger partial charge in [-0.25, -0.2) is 4.57 Å².